The second kappa shape index (κ2) is 6.45. The zero-order valence-electron chi connectivity index (χ0n) is 15.3. The lowest BCUT2D eigenvalue weighted by atomic mass is 9.81. The molecule has 1 unspecified atom stereocenters. The first-order valence-electron chi connectivity index (χ1n) is 8.89. The van der Waals surface area contributed by atoms with E-state index in [1.807, 2.05) is 35.9 Å². The maximum atomic E-state index is 12.8. The van der Waals surface area contributed by atoms with E-state index < -0.39 is 0 Å². The van der Waals surface area contributed by atoms with Crippen LogP contribution in [-0.2, 0) is 6.42 Å². The van der Waals surface area contributed by atoms with Gasteiger partial charge < -0.3 is 4.74 Å². The van der Waals surface area contributed by atoms with Crippen molar-refractivity contribution in [3.63, 3.8) is 0 Å². The number of ketones is 1. The highest BCUT2D eigenvalue weighted by Gasteiger charge is 2.32. The Morgan fingerprint density at radius 2 is 1.85 bits per heavy atom. The van der Waals surface area contributed by atoms with Gasteiger partial charge in [0.05, 0.1) is 29.7 Å². The Morgan fingerprint density at radius 1 is 1.08 bits per heavy atom. The number of benzene rings is 2. The Kier molecular flexibility index (Phi) is 4.11. The summed E-state index contributed by atoms with van der Waals surface area (Å²) >= 11 is 0. The second-order valence-electron chi connectivity index (χ2n) is 6.96. The normalized spacial score (nSPS) is 16.4. The summed E-state index contributed by atoms with van der Waals surface area (Å²) < 4.78 is 7.19. The number of Topliss-reactive ketones (excluding diaryl/α,β-unsaturated/α-hetero) is 1. The fourth-order valence-corrected chi connectivity index (χ4v) is 3.84. The largest absolute Gasteiger partial charge is 0.497 e. The lowest BCUT2D eigenvalue weighted by Gasteiger charge is -2.23. The Labute approximate surface area is 153 Å². The third-order valence-electron chi connectivity index (χ3n) is 5.14. The molecule has 0 aliphatic heterocycles. The van der Waals surface area contributed by atoms with Gasteiger partial charge in [-0.2, -0.15) is 5.10 Å². The average Bonchev–Trinajstić information content (AvgIpc) is 2.99. The van der Waals surface area contributed by atoms with Gasteiger partial charge in [0.2, 0.25) is 0 Å². The van der Waals surface area contributed by atoms with Gasteiger partial charge >= 0.3 is 0 Å². The molecule has 1 aliphatic carbocycles. The van der Waals surface area contributed by atoms with E-state index in [1.165, 1.54) is 11.1 Å². The van der Waals surface area contributed by atoms with Crippen molar-refractivity contribution < 1.29 is 9.53 Å². The Bertz CT molecular complexity index is 970. The zero-order valence-corrected chi connectivity index (χ0v) is 15.3. The molecular formula is C22H22N2O2. The number of hydrogen-bond donors (Lipinski definition) is 0. The van der Waals surface area contributed by atoms with Crippen LogP contribution >= 0.6 is 0 Å². The topological polar surface area (TPSA) is 44.1 Å². The number of nitrogens with zero attached hydrogens (tertiary/aromatic N) is 2. The molecule has 0 amide bonds. The zero-order chi connectivity index (χ0) is 18.3. The molecule has 3 aromatic rings. The van der Waals surface area contributed by atoms with Crippen LogP contribution in [0.5, 0.6) is 5.75 Å². The predicted molar refractivity (Wildman–Crippen MR) is 101 cm³/mol. The summed E-state index contributed by atoms with van der Waals surface area (Å²) in [5, 5.41) is 4.69. The van der Waals surface area contributed by atoms with Crippen molar-refractivity contribution in [2.45, 2.75) is 32.6 Å². The van der Waals surface area contributed by atoms with Crippen LogP contribution in [0, 0.1) is 13.8 Å². The van der Waals surface area contributed by atoms with E-state index in [9.17, 15) is 4.79 Å². The summed E-state index contributed by atoms with van der Waals surface area (Å²) in [6, 6.07) is 16.3. The molecule has 0 fully saturated rings. The van der Waals surface area contributed by atoms with Gasteiger partial charge in [-0.15, -0.1) is 0 Å². The summed E-state index contributed by atoms with van der Waals surface area (Å²) in [6.07, 6.45) is 1.34. The smallest absolute Gasteiger partial charge is 0.167 e. The molecule has 1 heterocycles. The van der Waals surface area contributed by atoms with Crippen molar-refractivity contribution in [3.8, 4) is 11.4 Å². The number of carbonyl (C=O) groups excluding carboxylic acids is 1. The van der Waals surface area contributed by atoms with E-state index in [4.69, 9.17) is 4.74 Å². The van der Waals surface area contributed by atoms with E-state index in [1.54, 1.807) is 7.11 Å². The molecule has 4 nitrogen and oxygen atoms in total. The van der Waals surface area contributed by atoms with Crippen LogP contribution in [0.25, 0.3) is 5.69 Å². The third-order valence-corrected chi connectivity index (χ3v) is 5.14. The van der Waals surface area contributed by atoms with Crippen LogP contribution < -0.4 is 4.74 Å². The molecule has 0 radical (unpaired) electrons. The van der Waals surface area contributed by atoms with Gasteiger partial charge in [0.15, 0.2) is 5.78 Å². The number of ether oxygens (including phenoxy) is 1. The highest BCUT2D eigenvalue weighted by molar-refractivity contribution is 6.00. The van der Waals surface area contributed by atoms with Crippen LogP contribution in [0.3, 0.4) is 0 Å². The monoisotopic (exact) mass is 346 g/mol. The van der Waals surface area contributed by atoms with Crippen LogP contribution in [0.15, 0.2) is 48.5 Å². The molecule has 1 aliphatic rings. The molecule has 2 aromatic carbocycles. The van der Waals surface area contributed by atoms with Crippen molar-refractivity contribution in [1.29, 1.82) is 0 Å². The van der Waals surface area contributed by atoms with Crippen molar-refractivity contribution in [3.05, 3.63) is 76.6 Å². The quantitative estimate of drug-likeness (QED) is 0.705. The van der Waals surface area contributed by atoms with Crippen LogP contribution in [0.2, 0.25) is 0 Å². The summed E-state index contributed by atoms with van der Waals surface area (Å²) in [7, 11) is 1.66. The van der Waals surface area contributed by atoms with Gasteiger partial charge in [0.25, 0.3) is 0 Å². The molecule has 0 N–H and O–H groups in total. The van der Waals surface area contributed by atoms with E-state index in [0.29, 0.717) is 6.42 Å². The summed E-state index contributed by atoms with van der Waals surface area (Å²) in [4.78, 5) is 12.8. The number of methoxy groups -OCH3 is 1. The third kappa shape index (κ3) is 2.81. The molecule has 4 rings (SSSR count). The first kappa shape index (κ1) is 16.6. The summed E-state index contributed by atoms with van der Waals surface area (Å²) in [6.45, 7) is 3.99. The lowest BCUT2D eigenvalue weighted by molar-refractivity contribution is 0.0963. The highest BCUT2D eigenvalue weighted by atomic mass is 16.5. The molecule has 1 atom stereocenters. The Hall–Kier alpha value is -2.88. The number of hydrogen-bond acceptors (Lipinski definition) is 3. The van der Waals surface area contributed by atoms with Crippen molar-refractivity contribution in [2.75, 3.05) is 7.11 Å². The number of rotatable bonds is 3. The predicted octanol–water partition coefficient (Wildman–Crippen LogP) is 4.41. The number of aromatic nitrogens is 2. The molecule has 4 heteroatoms. The van der Waals surface area contributed by atoms with E-state index in [-0.39, 0.29) is 11.7 Å². The van der Waals surface area contributed by atoms with Gasteiger partial charge in [-0.25, -0.2) is 4.68 Å². The molecule has 26 heavy (non-hydrogen) atoms. The van der Waals surface area contributed by atoms with Crippen LogP contribution in [-0.4, -0.2) is 22.7 Å². The fourth-order valence-electron chi connectivity index (χ4n) is 3.84. The van der Waals surface area contributed by atoms with Gasteiger partial charge in [-0.3, -0.25) is 4.79 Å². The molecule has 132 valence electrons. The minimum Gasteiger partial charge on any atom is -0.497 e. The molecule has 0 saturated heterocycles. The van der Waals surface area contributed by atoms with Crippen LogP contribution in [0.4, 0.5) is 0 Å². The van der Waals surface area contributed by atoms with Crippen molar-refractivity contribution in [2.24, 2.45) is 0 Å². The van der Waals surface area contributed by atoms with Crippen molar-refractivity contribution in [1.82, 2.24) is 9.78 Å². The second-order valence-corrected chi connectivity index (χ2v) is 6.96. The SMILES string of the molecule is COc1ccc(C2CC(=O)c3c(C)nn(-c4cccc(C)c4)c3C2)cc1. The van der Waals surface area contributed by atoms with E-state index >= 15 is 0 Å². The number of fused-ring (bicyclic) bond motifs is 1. The van der Waals surface area contributed by atoms with Gasteiger partial charge in [-0.05, 0) is 61.6 Å². The first-order chi connectivity index (χ1) is 12.6. The lowest BCUT2D eigenvalue weighted by Crippen LogP contribution is -2.20. The molecule has 0 saturated carbocycles. The van der Waals surface area contributed by atoms with Crippen molar-refractivity contribution >= 4 is 5.78 Å². The fraction of sp³-hybridized carbons (Fsp3) is 0.273. The molecule has 0 spiro atoms. The Balaban J connectivity index is 1.76. The molecule has 1 aromatic heterocycles. The van der Waals surface area contributed by atoms with Gasteiger partial charge in [0, 0.05) is 6.42 Å². The minimum absolute atomic E-state index is 0.167. The minimum atomic E-state index is 0.167. The van der Waals surface area contributed by atoms with E-state index in [0.717, 1.165) is 34.8 Å². The van der Waals surface area contributed by atoms with Crippen LogP contribution in [0.1, 0.15) is 45.2 Å². The maximum Gasteiger partial charge on any atom is 0.167 e. The number of carbonyl (C=O) groups is 1. The Morgan fingerprint density at radius 3 is 2.54 bits per heavy atom. The van der Waals surface area contributed by atoms with E-state index in [2.05, 4.69) is 36.3 Å². The van der Waals surface area contributed by atoms with Gasteiger partial charge in [0.1, 0.15) is 5.75 Å². The highest BCUT2D eigenvalue weighted by Crippen LogP contribution is 2.35. The summed E-state index contributed by atoms with van der Waals surface area (Å²) in [5.41, 5.74) is 6.00. The standard InChI is InChI=1S/C22H22N2O2/c1-14-5-4-6-18(11-14)24-20-12-17(13-21(25)22(20)15(2)23-24)16-7-9-19(26-3)10-8-16/h4-11,17H,12-13H2,1-3H3. The average molecular weight is 346 g/mol. The van der Waals surface area contributed by atoms with Gasteiger partial charge in [-0.1, -0.05) is 24.3 Å². The summed E-state index contributed by atoms with van der Waals surface area (Å²) in [5.74, 6) is 1.18. The first-order valence-corrected chi connectivity index (χ1v) is 8.89. The molecule has 0 bridgehead atoms. The molecular weight excluding hydrogens is 324 g/mol. The maximum absolute atomic E-state index is 12.8. The number of aryl methyl sites for hydroxylation is 2.